The molecule has 27 heavy (non-hydrogen) atoms. The first-order valence-corrected chi connectivity index (χ1v) is 10.2. The Morgan fingerprint density at radius 1 is 1.07 bits per heavy atom. The van der Waals surface area contributed by atoms with Gasteiger partial charge < -0.3 is 9.73 Å². The van der Waals surface area contributed by atoms with E-state index in [0.29, 0.717) is 11.6 Å². The van der Waals surface area contributed by atoms with Crippen molar-refractivity contribution in [2.24, 2.45) is 0 Å². The quantitative estimate of drug-likeness (QED) is 0.702. The van der Waals surface area contributed by atoms with E-state index in [-0.39, 0.29) is 11.4 Å². The zero-order chi connectivity index (χ0) is 19.4. The third-order valence-corrected chi connectivity index (χ3v) is 5.52. The number of aryl methyl sites for hydroxylation is 2. The highest BCUT2D eigenvalue weighted by atomic mass is 32.2. The normalized spacial score (nSPS) is 11.3. The predicted molar refractivity (Wildman–Crippen MR) is 104 cm³/mol. The standard InChI is InChI=1S/C20H20N2O4S/c1-14-8-9-17(10-15(14)2)21-19(23)13-27(24,25)12-18-11-26-20(22-18)16-6-4-3-5-7-16/h3-11H,12-13H2,1-2H3,(H,21,23). The molecule has 0 saturated heterocycles. The Bertz CT molecular complexity index is 1060. The number of nitrogens with one attached hydrogen (secondary N) is 1. The summed E-state index contributed by atoms with van der Waals surface area (Å²) in [7, 11) is -3.68. The van der Waals surface area contributed by atoms with Crippen LogP contribution in [0.15, 0.2) is 59.2 Å². The molecule has 1 amide bonds. The molecule has 0 aliphatic rings. The Kier molecular flexibility index (Phi) is 5.41. The second-order valence-electron chi connectivity index (χ2n) is 6.39. The Morgan fingerprint density at radius 3 is 2.52 bits per heavy atom. The number of benzene rings is 2. The lowest BCUT2D eigenvalue weighted by Crippen LogP contribution is -2.24. The number of sulfone groups is 1. The first-order valence-electron chi connectivity index (χ1n) is 8.40. The lowest BCUT2D eigenvalue weighted by atomic mass is 10.1. The van der Waals surface area contributed by atoms with Gasteiger partial charge in [0, 0.05) is 11.3 Å². The molecule has 0 atom stereocenters. The summed E-state index contributed by atoms with van der Waals surface area (Å²) in [5.41, 5.74) is 3.72. The summed E-state index contributed by atoms with van der Waals surface area (Å²) in [5, 5.41) is 2.62. The lowest BCUT2D eigenvalue weighted by Gasteiger charge is -2.08. The van der Waals surface area contributed by atoms with Gasteiger partial charge in [-0.25, -0.2) is 13.4 Å². The number of anilines is 1. The third kappa shape index (κ3) is 5.04. The van der Waals surface area contributed by atoms with E-state index in [9.17, 15) is 13.2 Å². The van der Waals surface area contributed by atoms with Crippen LogP contribution in [-0.2, 0) is 20.4 Å². The van der Waals surface area contributed by atoms with E-state index in [1.165, 1.54) is 6.26 Å². The molecule has 0 spiro atoms. The van der Waals surface area contributed by atoms with E-state index in [4.69, 9.17) is 4.42 Å². The van der Waals surface area contributed by atoms with E-state index in [0.717, 1.165) is 16.7 Å². The maximum absolute atomic E-state index is 12.3. The van der Waals surface area contributed by atoms with E-state index >= 15 is 0 Å². The molecule has 1 N–H and O–H groups in total. The minimum Gasteiger partial charge on any atom is -0.444 e. The van der Waals surface area contributed by atoms with Crippen LogP contribution in [-0.4, -0.2) is 25.1 Å². The van der Waals surface area contributed by atoms with Crippen molar-refractivity contribution >= 4 is 21.4 Å². The summed E-state index contributed by atoms with van der Waals surface area (Å²) in [6.07, 6.45) is 1.31. The third-order valence-electron chi connectivity index (χ3n) is 4.08. The Morgan fingerprint density at radius 2 is 1.81 bits per heavy atom. The topological polar surface area (TPSA) is 89.3 Å². The van der Waals surface area contributed by atoms with E-state index in [1.54, 1.807) is 6.07 Å². The van der Waals surface area contributed by atoms with Crippen molar-refractivity contribution in [1.82, 2.24) is 4.98 Å². The number of hydrogen-bond acceptors (Lipinski definition) is 5. The SMILES string of the molecule is Cc1ccc(NC(=O)CS(=O)(=O)Cc2coc(-c3ccccc3)n2)cc1C. The zero-order valence-electron chi connectivity index (χ0n) is 15.1. The van der Waals surface area contributed by atoms with Crippen molar-refractivity contribution in [2.75, 3.05) is 11.1 Å². The van der Waals surface area contributed by atoms with Crippen LogP contribution in [0.1, 0.15) is 16.8 Å². The number of hydrogen-bond donors (Lipinski definition) is 1. The number of carbonyl (C=O) groups excluding carboxylic acids is 1. The van der Waals surface area contributed by atoms with E-state index in [2.05, 4.69) is 10.3 Å². The molecular weight excluding hydrogens is 364 g/mol. The van der Waals surface area contributed by atoms with E-state index in [1.807, 2.05) is 56.3 Å². The van der Waals surface area contributed by atoms with Crippen molar-refractivity contribution in [3.05, 3.63) is 71.6 Å². The molecule has 2 aromatic carbocycles. The summed E-state index contributed by atoms with van der Waals surface area (Å²) in [5.74, 6) is -1.21. The fraction of sp³-hybridized carbons (Fsp3) is 0.200. The number of carbonyl (C=O) groups is 1. The average Bonchev–Trinajstić information content (AvgIpc) is 3.06. The lowest BCUT2D eigenvalue weighted by molar-refractivity contribution is -0.113. The van der Waals surface area contributed by atoms with Gasteiger partial charge in [-0.15, -0.1) is 0 Å². The molecule has 0 fully saturated rings. The van der Waals surface area contributed by atoms with Gasteiger partial charge in [0.2, 0.25) is 11.8 Å². The molecule has 0 saturated carbocycles. The molecule has 3 aromatic rings. The van der Waals surface area contributed by atoms with Crippen LogP contribution in [0.2, 0.25) is 0 Å². The monoisotopic (exact) mass is 384 g/mol. The van der Waals surface area contributed by atoms with Crippen LogP contribution < -0.4 is 5.32 Å². The molecular formula is C20H20N2O4S. The minimum atomic E-state index is -3.68. The first kappa shape index (κ1) is 18.8. The minimum absolute atomic E-state index is 0.271. The number of aromatic nitrogens is 1. The van der Waals surface area contributed by atoms with Crippen molar-refractivity contribution < 1.29 is 17.6 Å². The van der Waals surface area contributed by atoms with E-state index < -0.39 is 21.5 Å². The molecule has 1 aromatic heterocycles. The van der Waals surface area contributed by atoms with Crippen molar-refractivity contribution in [3.63, 3.8) is 0 Å². The molecule has 7 heteroatoms. The fourth-order valence-corrected chi connectivity index (χ4v) is 3.74. The Hall–Kier alpha value is -2.93. The molecule has 6 nitrogen and oxygen atoms in total. The van der Waals surface area contributed by atoms with Gasteiger partial charge in [0.1, 0.15) is 12.0 Å². The fourth-order valence-electron chi connectivity index (χ4n) is 2.58. The second-order valence-corrected chi connectivity index (χ2v) is 8.45. The smallest absolute Gasteiger partial charge is 0.239 e. The number of rotatable bonds is 6. The molecule has 3 rings (SSSR count). The summed E-state index contributed by atoms with van der Waals surface area (Å²) >= 11 is 0. The summed E-state index contributed by atoms with van der Waals surface area (Å²) < 4.78 is 30.0. The molecule has 0 radical (unpaired) electrons. The summed E-state index contributed by atoms with van der Waals surface area (Å²) in [6, 6.07) is 14.6. The van der Waals surface area contributed by atoms with Gasteiger partial charge in [-0.1, -0.05) is 24.3 Å². The highest BCUT2D eigenvalue weighted by Gasteiger charge is 2.20. The van der Waals surface area contributed by atoms with Crippen LogP contribution in [0.25, 0.3) is 11.5 Å². The Labute approximate surface area is 158 Å². The maximum atomic E-state index is 12.3. The van der Waals surface area contributed by atoms with Crippen LogP contribution in [0.3, 0.4) is 0 Å². The first-order chi connectivity index (χ1) is 12.8. The van der Waals surface area contributed by atoms with Crippen molar-refractivity contribution in [2.45, 2.75) is 19.6 Å². The maximum Gasteiger partial charge on any atom is 0.239 e. The molecule has 0 aliphatic carbocycles. The average molecular weight is 384 g/mol. The number of amides is 1. The molecule has 0 unspecified atom stereocenters. The van der Waals surface area contributed by atoms with Gasteiger partial charge in [0.05, 0.1) is 11.4 Å². The number of nitrogens with zero attached hydrogens (tertiary/aromatic N) is 1. The van der Waals surface area contributed by atoms with Crippen LogP contribution in [0.5, 0.6) is 0 Å². The van der Waals surface area contributed by atoms with Gasteiger partial charge in [0.15, 0.2) is 9.84 Å². The summed E-state index contributed by atoms with van der Waals surface area (Å²) in [6.45, 7) is 3.89. The van der Waals surface area contributed by atoms with Gasteiger partial charge in [0.25, 0.3) is 0 Å². The highest BCUT2D eigenvalue weighted by Crippen LogP contribution is 2.19. The highest BCUT2D eigenvalue weighted by molar-refractivity contribution is 7.91. The van der Waals surface area contributed by atoms with Gasteiger partial charge >= 0.3 is 0 Å². The van der Waals surface area contributed by atoms with Gasteiger partial charge in [-0.05, 0) is 49.2 Å². The predicted octanol–water partition coefficient (Wildman–Crippen LogP) is 3.51. The van der Waals surface area contributed by atoms with Crippen molar-refractivity contribution in [1.29, 1.82) is 0 Å². The van der Waals surface area contributed by atoms with Gasteiger partial charge in [-0.3, -0.25) is 4.79 Å². The van der Waals surface area contributed by atoms with Crippen LogP contribution >= 0.6 is 0 Å². The largest absolute Gasteiger partial charge is 0.444 e. The molecule has 1 heterocycles. The van der Waals surface area contributed by atoms with Crippen molar-refractivity contribution in [3.8, 4) is 11.5 Å². The Balaban J connectivity index is 1.64. The molecule has 140 valence electrons. The van der Waals surface area contributed by atoms with Gasteiger partial charge in [-0.2, -0.15) is 0 Å². The number of oxazole rings is 1. The molecule has 0 aliphatic heterocycles. The van der Waals surface area contributed by atoms with Crippen LogP contribution in [0.4, 0.5) is 5.69 Å². The molecule has 0 bridgehead atoms. The summed E-state index contributed by atoms with van der Waals surface area (Å²) in [4.78, 5) is 16.3. The zero-order valence-corrected chi connectivity index (χ0v) is 15.9. The van der Waals surface area contributed by atoms with Crippen LogP contribution in [0, 0.1) is 13.8 Å². The second kappa shape index (κ2) is 7.75.